The molecule has 5 N–H and O–H groups in total. The number of aromatic hydroxyl groups is 1. The molecule has 0 radical (unpaired) electrons. The Labute approximate surface area is 110 Å². The van der Waals surface area contributed by atoms with E-state index in [2.05, 4.69) is 16.0 Å². The van der Waals surface area contributed by atoms with E-state index in [1.807, 2.05) is 0 Å². The van der Waals surface area contributed by atoms with Crippen LogP contribution in [-0.2, 0) is 0 Å². The number of nitrogens with one attached hydrogen (secondary N) is 3. The first-order valence-electron chi connectivity index (χ1n) is 5.50. The summed E-state index contributed by atoms with van der Waals surface area (Å²) in [6.45, 7) is 2.54. The summed E-state index contributed by atoms with van der Waals surface area (Å²) in [7, 11) is 0. The van der Waals surface area contributed by atoms with Crippen LogP contribution in [0.15, 0.2) is 12.1 Å². The van der Waals surface area contributed by atoms with E-state index in [4.69, 9.17) is 16.7 Å². The molecule has 0 heterocycles. The fraction of sp³-hybridized carbons (Fsp3) is 0.364. The van der Waals surface area contributed by atoms with E-state index >= 15 is 0 Å². The van der Waals surface area contributed by atoms with E-state index in [1.54, 1.807) is 6.92 Å². The quantitative estimate of drug-likeness (QED) is 0.527. The summed E-state index contributed by atoms with van der Waals surface area (Å²) in [5.41, 5.74) is 0.713. The Balaban J connectivity index is 2.82. The molecule has 6 nitrogen and oxygen atoms in total. The number of carbonyl (C=O) groups is 1. The molecule has 0 atom stereocenters. The summed E-state index contributed by atoms with van der Waals surface area (Å²) in [5, 5.41) is 26.6. The van der Waals surface area contributed by atoms with Crippen molar-refractivity contribution in [1.82, 2.24) is 5.32 Å². The average Bonchev–Trinajstić information content (AvgIpc) is 2.32. The van der Waals surface area contributed by atoms with Gasteiger partial charge in [0.05, 0.1) is 23.0 Å². The Morgan fingerprint density at radius 2 is 2.11 bits per heavy atom. The molecule has 0 spiro atoms. The molecule has 1 rings (SSSR count). The third-order valence-electron chi connectivity index (χ3n) is 2.10. The van der Waals surface area contributed by atoms with E-state index in [1.165, 1.54) is 12.1 Å². The van der Waals surface area contributed by atoms with Crippen molar-refractivity contribution in [3.05, 3.63) is 17.2 Å². The fourth-order valence-electron chi connectivity index (χ4n) is 1.32. The number of halogens is 1. The third kappa shape index (κ3) is 3.97. The lowest BCUT2D eigenvalue weighted by Gasteiger charge is -2.12. The highest BCUT2D eigenvalue weighted by molar-refractivity contribution is 6.33. The van der Waals surface area contributed by atoms with Crippen molar-refractivity contribution in [3.8, 4) is 5.75 Å². The summed E-state index contributed by atoms with van der Waals surface area (Å²) in [6, 6.07) is 2.41. The van der Waals surface area contributed by atoms with Crippen LogP contribution in [0.3, 0.4) is 0 Å². The Morgan fingerprint density at radius 1 is 1.39 bits per heavy atom. The summed E-state index contributed by atoms with van der Waals surface area (Å²) in [6.07, 6.45) is 0. The van der Waals surface area contributed by atoms with Crippen LogP contribution >= 0.6 is 11.6 Å². The number of benzene rings is 1. The molecule has 0 saturated heterocycles. The van der Waals surface area contributed by atoms with Crippen molar-refractivity contribution in [3.63, 3.8) is 0 Å². The van der Waals surface area contributed by atoms with E-state index in [0.29, 0.717) is 23.8 Å². The minimum Gasteiger partial charge on any atom is -0.506 e. The minimum absolute atomic E-state index is 0.0456. The predicted molar refractivity (Wildman–Crippen MR) is 71.4 cm³/mol. The Morgan fingerprint density at radius 3 is 2.72 bits per heavy atom. The molecular weight excluding hydrogens is 258 g/mol. The average molecular weight is 274 g/mol. The maximum absolute atomic E-state index is 11.3. The zero-order valence-corrected chi connectivity index (χ0v) is 10.7. The molecule has 0 fully saturated rings. The number of hydrogen-bond acceptors (Lipinski definition) is 4. The fourth-order valence-corrected chi connectivity index (χ4v) is 1.55. The molecule has 0 aliphatic rings. The highest BCUT2D eigenvalue weighted by Crippen LogP contribution is 2.33. The first-order valence-corrected chi connectivity index (χ1v) is 5.88. The second kappa shape index (κ2) is 6.93. The molecule has 0 aliphatic heterocycles. The maximum Gasteiger partial charge on any atom is 0.319 e. The van der Waals surface area contributed by atoms with E-state index in [9.17, 15) is 9.90 Å². The number of anilines is 2. The standard InChI is InChI=1S/C11H16ClN3O3/c1-2-13-11(18)15-9-5-7(12)8(6-10(9)17)14-3-4-16/h5-6,14,16-17H,2-4H2,1H3,(H2,13,15,18). The van der Waals surface area contributed by atoms with Gasteiger partial charge >= 0.3 is 6.03 Å². The van der Waals surface area contributed by atoms with Crippen molar-refractivity contribution >= 4 is 29.0 Å². The Hall–Kier alpha value is -1.66. The summed E-state index contributed by atoms with van der Waals surface area (Å²) >= 11 is 5.97. The SMILES string of the molecule is CCNC(=O)Nc1cc(Cl)c(NCCO)cc1O. The van der Waals surface area contributed by atoms with Gasteiger partial charge in [-0.1, -0.05) is 11.6 Å². The van der Waals surface area contributed by atoms with Gasteiger partial charge in [0.2, 0.25) is 0 Å². The third-order valence-corrected chi connectivity index (χ3v) is 2.41. The molecule has 0 bridgehead atoms. The molecule has 0 saturated carbocycles. The molecular formula is C11H16ClN3O3. The van der Waals surface area contributed by atoms with Gasteiger partial charge in [0.15, 0.2) is 0 Å². The molecule has 0 aliphatic carbocycles. The Kier molecular flexibility index (Phi) is 5.54. The van der Waals surface area contributed by atoms with Crippen molar-refractivity contribution in [2.24, 2.45) is 0 Å². The van der Waals surface area contributed by atoms with Gasteiger partial charge in [-0.05, 0) is 13.0 Å². The lowest BCUT2D eigenvalue weighted by molar-refractivity contribution is 0.252. The van der Waals surface area contributed by atoms with Gasteiger partial charge < -0.3 is 26.2 Å². The minimum atomic E-state index is -0.417. The first kappa shape index (κ1) is 14.4. The van der Waals surface area contributed by atoms with Crippen molar-refractivity contribution < 1.29 is 15.0 Å². The number of urea groups is 1. The number of hydrogen-bond donors (Lipinski definition) is 5. The summed E-state index contributed by atoms with van der Waals surface area (Å²) in [4.78, 5) is 11.3. The van der Waals surface area contributed by atoms with Crippen molar-refractivity contribution in [2.75, 3.05) is 30.3 Å². The van der Waals surface area contributed by atoms with Gasteiger partial charge in [0, 0.05) is 19.2 Å². The predicted octanol–water partition coefficient (Wildman–Crippen LogP) is 1.59. The van der Waals surface area contributed by atoms with Gasteiger partial charge in [-0.25, -0.2) is 4.79 Å². The van der Waals surface area contributed by atoms with Crippen LogP contribution in [0.5, 0.6) is 5.75 Å². The van der Waals surface area contributed by atoms with Crippen molar-refractivity contribution in [2.45, 2.75) is 6.92 Å². The lowest BCUT2D eigenvalue weighted by atomic mass is 10.2. The number of aliphatic hydroxyl groups excluding tert-OH is 1. The largest absolute Gasteiger partial charge is 0.506 e. The summed E-state index contributed by atoms with van der Waals surface area (Å²) < 4.78 is 0. The van der Waals surface area contributed by atoms with Gasteiger partial charge in [-0.3, -0.25) is 0 Å². The van der Waals surface area contributed by atoms with Gasteiger partial charge in [-0.2, -0.15) is 0 Å². The van der Waals surface area contributed by atoms with Crippen LogP contribution in [0.4, 0.5) is 16.2 Å². The van der Waals surface area contributed by atoms with E-state index < -0.39 is 6.03 Å². The molecule has 100 valence electrons. The van der Waals surface area contributed by atoms with Crippen LogP contribution in [-0.4, -0.2) is 35.9 Å². The van der Waals surface area contributed by atoms with E-state index in [-0.39, 0.29) is 18.0 Å². The molecule has 7 heteroatoms. The number of rotatable bonds is 5. The summed E-state index contributed by atoms with van der Waals surface area (Å²) in [5.74, 6) is -0.105. The van der Waals surface area contributed by atoms with Crippen LogP contribution in [0.2, 0.25) is 5.02 Å². The normalized spacial score (nSPS) is 9.94. The lowest BCUT2D eigenvalue weighted by Crippen LogP contribution is -2.28. The number of amides is 2. The zero-order valence-electron chi connectivity index (χ0n) is 9.96. The molecule has 2 amide bonds. The molecule has 18 heavy (non-hydrogen) atoms. The van der Waals surface area contributed by atoms with Crippen molar-refractivity contribution in [1.29, 1.82) is 0 Å². The van der Waals surface area contributed by atoms with E-state index in [0.717, 1.165) is 0 Å². The molecule has 0 unspecified atom stereocenters. The maximum atomic E-state index is 11.3. The van der Waals surface area contributed by atoms with Crippen LogP contribution < -0.4 is 16.0 Å². The smallest absolute Gasteiger partial charge is 0.319 e. The van der Waals surface area contributed by atoms with Gasteiger partial charge in [-0.15, -0.1) is 0 Å². The second-order valence-electron chi connectivity index (χ2n) is 3.48. The highest BCUT2D eigenvalue weighted by atomic mass is 35.5. The highest BCUT2D eigenvalue weighted by Gasteiger charge is 2.10. The Bertz CT molecular complexity index is 426. The van der Waals surface area contributed by atoms with Gasteiger partial charge in [0.25, 0.3) is 0 Å². The number of phenols is 1. The van der Waals surface area contributed by atoms with Gasteiger partial charge in [0.1, 0.15) is 5.75 Å². The van der Waals surface area contributed by atoms with Crippen LogP contribution in [0.1, 0.15) is 6.92 Å². The number of aliphatic hydroxyl groups is 1. The zero-order chi connectivity index (χ0) is 13.5. The van der Waals surface area contributed by atoms with Crippen LogP contribution in [0, 0.1) is 0 Å². The van der Waals surface area contributed by atoms with Crippen LogP contribution in [0.25, 0.3) is 0 Å². The molecule has 1 aromatic carbocycles. The first-order chi connectivity index (χ1) is 8.58. The topological polar surface area (TPSA) is 93.6 Å². The number of carbonyl (C=O) groups excluding carboxylic acids is 1. The monoisotopic (exact) mass is 273 g/mol. The molecule has 0 aromatic heterocycles. The second-order valence-corrected chi connectivity index (χ2v) is 3.89. The number of phenolic OH excluding ortho intramolecular Hbond substituents is 1. The molecule has 1 aromatic rings.